The fourth-order valence-corrected chi connectivity index (χ4v) is 3.97. The summed E-state index contributed by atoms with van der Waals surface area (Å²) in [6, 6.07) is 7.56. The molecule has 0 spiro atoms. The van der Waals surface area contributed by atoms with Crippen molar-refractivity contribution < 1.29 is 71.3 Å². The van der Waals surface area contributed by atoms with Crippen molar-refractivity contribution in [1.82, 2.24) is 0 Å². The van der Waals surface area contributed by atoms with E-state index in [2.05, 4.69) is 6.58 Å². The number of rotatable bonds is 17. The predicted octanol–water partition coefficient (Wildman–Crippen LogP) is 10.00. The molecule has 3 nitrogen and oxygen atoms in total. The van der Waals surface area contributed by atoms with Gasteiger partial charge in [0.15, 0.2) is 0 Å². The van der Waals surface area contributed by atoms with E-state index in [0.717, 1.165) is 31.8 Å². The van der Waals surface area contributed by atoms with Gasteiger partial charge in [-0.15, -0.1) is 0 Å². The van der Waals surface area contributed by atoms with E-state index in [0.29, 0.717) is 25.0 Å². The van der Waals surface area contributed by atoms with Crippen LogP contribution in [0.4, 0.5) is 57.1 Å². The second-order valence-electron chi connectivity index (χ2n) is 9.78. The molecule has 0 unspecified atom stereocenters. The second kappa shape index (κ2) is 14.3. The van der Waals surface area contributed by atoms with Gasteiger partial charge in [-0.25, -0.2) is 4.79 Å². The number of unbranched alkanes of at least 4 members (excludes halogenated alkanes) is 5. The number of carbonyl (C=O) groups is 1. The zero-order valence-corrected chi connectivity index (χ0v) is 23.2. The van der Waals surface area contributed by atoms with Gasteiger partial charge in [0.05, 0.1) is 13.2 Å². The summed E-state index contributed by atoms with van der Waals surface area (Å²) >= 11 is 0. The Bertz CT molecular complexity index is 1270. The first-order valence-electron chi connectivity index (χ1n) is 13.2. The molecule has 0 aliphatic rings. The van der Waals surface area contributed by atoms with Crippen LogP contribution in [0.25, 0.3) is 11.1 Å². The van der Waals surface area contributed by atoms with Crippen molar-refractivity contribution >= 4 is 5.97 Å². The van der Waals surface area contributed by atoms with Crippen LogP contribution in [0, 0.1) is 0 Å². The van der Waals surface area contributed by atoms with Crippen LogP contribution in [0.15, 0.2) is 61.2 Å². The lowest BCUT2D eigenvalue weighted by atomic mass is 9.90. The maximum atomic E-state index is 14.5. The molecule has 2 aromatic carbocycles. The second-order valence-corrected chi connectivity index (χ2v) is 9.78. The highest BCUT2D eigenvalue weighted by atomic mass is 19.4. The first kappa shape index (κ1) is 37.7. The molecule has 0 bridgehead atoms. The fourth-order valence-electron chi connectivity index (χ4n) is 3.97. The van der Waals surface area contributed by atoms with Crippen LogP contribution in [0.2, 0.25) is 0 Å². The lowest BCUT2D eigenvalue weighted by molar-refractivity contribution is -0.441. The van der Waals surface area contributed by atoms with Gasteiger partial charge in [0, 0.05) is 17.2 Å². The largest absolute Gasteiger partial charge is 0.493 e. The summed E-state index contributed by atoms with van der Waals surface area (Å²) < 4.78 is 186. The smallest absolute Gasteiger partial charge is 0.460 e. The first-order valence-corrected chi connectivity index (χ1v) is 13.2. The number of hydrogen-bond acceptors (Lipinski definition) is 3. The molecule has 0 radical (unpaired) electrons. The molecule has 0 amide bonds. The molecular formula is C29H27F13O3. The molecule has 0 aromatic heterocycles. The summed E-state index contributed by atoms with van der Waals surface area (Å²) in [5.41, 5.74) is -1.83. The summed E-state index contributed by atoms with van der Waals surface area (Å²) in [5, 5.41) is 0. The van der Waals surface area contributed by atoms with E-state index in [1.165, 1.54) is 18.2 Å². The van der Waals surface area contributed by atoms with Gasteiger partial charge in [0.2, 0.25) is 0 Å². The van der Waals surface area contributed by atoms with Crippen LogP contribution in [-0.4, -0.2) is 49.0 Å². The molecular weight excluding hydrogens is 643 g/mol. The Morgan fingerprint density at radius 3 is 1.64 bits per heavy atom. The van der Waals surface area contributed by atoms with Crippen molar-refractivity contribution in [3.05, 3.63) is 66.7 Å². The van der Waals surface area contributed by atoms with Crippen molar-refractivity contribution in [2.45, 2.75) is 74.3 Å². The molecule has 0 atom stereocenters. The summed E-state index contributed by atoms with van der Waals surface area (Å²) in [6.45, 7) is 3.75. The summed E-state index contributed by atoms with van der Waals surface area (Å²) in [4.78, 5) is 10.9. The van der Waals surface area contributed by atoms with Crippen LogP contribution in [0.5, 0.6) is 5.75 Å². The third-order valence-corrected chi connectivity index (χ3v) is 6.59. The molecule has 16 heteroatoms. The highest BCUT2D eigenvalue weighted by molar-refractivity contribution is 5.81. The first-order chi connectivity index (χ1) is 20.7. The lowest BCUT2D eigenvalue weighted by Gasteiger charge is -2.39. The Balaban J connectivity index is 2.10. The van der Waals surface area contributed by atoms with E-state index in [4.69, 9.17) is 9.47 Å². The zero-order valence-electron chi connectivity index (χ0n) is 23.2. The standard InChI is InChI=1S/C29H27F13O3/c1-2-23(43)45-18-10-6-4-3-5-9-17-44-22-12-8-7-11-21(22)19-13-15-20(16-14-19)24(30,31)25(32,33)26(34,35)27(36,37)28(38,39)29(40,41)42/h2,7-8,11-16H,1,3-6,9-10,17-18H2. The zero-order chi connectivity index (χ0) is 34.3. The highest BCUT2D eigenvalue weighted by Gasteiger charge is 2.90. The SMILES string of the molecule is C=CC(=O)OCCCCCCCCOc1ccccc1-c1ccc(C(F)(F)C(F)(F)C(F)(F)C(F)(F)C(F)(F)C(F)(F)F)cc1. The average Bonchev–Trinajstić information content (AvgIpc) is 2.97. The van der Waals surface area contributed by atoms with Gasteiger partial charge in [0.25, 0.3) is 0 Å². The van der Waals surface area contributed by atoms with Crippen molar-refractivity contribution in [3.8, 4) is 16.9 Å². The van der Waals surface area contributed by atoms with Gasteiger partial charge in [-0.05, 0) is 24.5 Å². The van der Waals surface area contributed by atoms with E-state index in [9.17, 15) is 61.9 Å². The van der Waals surface area contributed by atoms with Gasteiger partial charge in [-0.3, -0.25) is 0 Å². The number of hydrogen-bond donors (Lipinski definition) is 0. The third-order valence-electron chi connectivity index (χ3n) is 6.59. The maximum absolute atomic E-state index is 14.5. The van der Waals surface area contributed by atoms with E-state index in [-0.39, 0.29) is 42.2 Å². The van der Waals surface area contributed by atoms with E-state index >= 15 is 0 Å². The van der Waals surface area contributed by atoms with E-state index < -0.39 is 47.3 Å². The number of alkyl halides is 13. The Hall–Kier alpha value is -3.46. The van der Waals surface area contributed by atoms with Crippen LogP contribution in [0.1, 0.15) is 44.1 Å². The number of esters is 1. The fraction of sp³-hybridized carbons (Fsp3) is 0.483. The Labute approximate surface area is 249 Å². The van der Waals surface area contributed by atoms with Crippen molar-refractivity contribution in [3.63, 3.8) is 0 Å². The molecule has 0 fully saturated rings. The number of ether oxygens (including phenoxy) is 2. The molecule has 252 valence electrons. The van der Waals surface area contributed by atoms with Crippen molar-refractivity contribution in [2.24, 2.45) is 0 Å². The Kier molecular flexibility index (Phi) is 12.0. The predicted molar refractivity (Wildman–Crippen MR) is 136 cm³/mol. The van der Waals surface area contributed by atoms with Gasteiger partial charge in [-0.2, -0.15) is 57.1 Å². The molecule has 2 rings (SSSR count). The number of halogens is 13. The summed E-state index contributed by atoms with van der Waals surface area (Å²) in [7, 11) is 0. The highest BCUT2D eigenvalue weighted by Crippen LogP contribution is 2.62. The molecule has 0 saturated carbocycles. The third kappa shape index (κ3) is 7.86. The Morgan fingerprint density at radius 1 is 0.622 bits per heavy atom. The summed E-state index contributed by atoms with van der Waals surface area (Å²) in [6.07, 6.45) is -1.88. The number of benzene rings is 2. The van der Waals surface area contributed by atoms with Crippen LogP contribution >= 0.6 is 0 Å². The molecule has 0 saturated heterocycles. The molecule has 0 N–H and O–H groups in total. The average molecular weight is 671 g/mol. The van der Waals surface area contributed by atoms with Crippen LogP contribution in [0.3, 0.4) is 0 Å². The summed E-state index contributed by atoms with van der Waals surface area (Å²) in [5.74, 6) is -37.6. The molecule has 45 heavy (non-hydrogen) atoms. The molecule has 0 aliphatic heterocycles. The van der Waals surface area contributed by atoms with Gasteiger partial charge >= 0.3 is 41.8 Å². The molecule has 2 aromatic rings. The quantitative estimate of drug-likeness (QED) is 0.0728. The molecule has 0 heterocycles. The van der Waals surface area contributed by atoms with Gasteiger partial charge in [-0.1, -0.05) is 74.7 Å². The Morgan fingerprint density at radius 2 is 1.11 bits per heavy atom. The van der Waals surface area contributed by atoms with E-state index in [1.807, 2.05) is 0 Å². The van der Waals surface area contributed by atoms with Crippen LogP contribution in [-0.2, 0) is 15.5 Å². The minimum atomic E-state index is -7.96. The van der Waals surface area contributed by atoms with Gasteiger partial charge in [0.1, 0.15) is 5.75 Å². The monoisotopic (exact) mass is 670 g/mol. The van der Waals surface area contributed by atoms with Gasteiger partial charge < -0.3 is 9.47 Å². The minimum Gasteiger partial charge on any atom is -0.493 e. The van der Waals surface area contributed by atoms with Crippen molar-refractivity contribution in [2.75, 3.05) is 13.2 Å². The topological polar surface area (TPSA) is 35.5 Å². The number of para-hydroxylation sites is 1. The minimum absolute atomic E-state index is 0.00585. The van der Waals surface area contributed by atoms with E-state index in [1.54, 1.807) is 6.07 Å². The lowest BCUT2D eigenvalue weighted by Crippen LogP contribution is -2.69. The van der Waals surface area contributed by atoms with Crippen LogP contribution < -0.4 is 4.74 Å². The van der Waals surface area contributed by atoms with Crippen molar-refractivity contribution in [1.29, 1.82) is 0 Å². The normalized spacial score (nSPS) is 13.4. The number of carbonyl (C=O) groups excluding carboxylic acids is 1. The maximum Gasteiger partial charge on any atom is 0.460 e. The molecule has 0 aliphatic carbocycles.